The van der Waals surface area contributed by atoms with Gasteiger partial charge in [-0.1, -0.05) is 43.7 Å². The molecule has 0 radical (unpaired) electrons. The molecule has 1 amide bonds. The largest absolute Gasteiger partial charge is 0.450 e. The highest BCUT2D eigenvalue weighted by Gasteiger charge is 2.40. The highest BCUT2D eigenvalue weighted by atomic mass is 16.6. The molecule has 1 aromatic carbocycles. The van der Waals surface area contributed by atoms with E-state index in [-0.39, 0.29) is 17.6 Å². The maximum atomic E-state index is 12.2. The first-order valence-electron chi connectivity index (χ1n) is 7.84. The fourth-order valence-electron chi connectivity index (χ4n) is 2.77. The fourth-order valence-corrected chi connectivity index (χ4v) is 2.77. The van der Waals surface area contributed by atoms with Crippen LogP contribution in [0.15, 0.2) is 24.3 Å². The fraction of sp³-hybridized carbons (Fsp3) is 0.588. The van der Waals surface area contributed by atoms with Gasteiger partial charge in [-0.05, 0) is 37.6 Å². The van der Waals surface area contributed by atoms with Crippen molar-refractivity contribution in [3.63, 3.8) is 0 Å². The third kappa shape index (κ3) is 3.53. The summed E-state index contributed by atoms with van der Waals surface area (Å²) in [6, 6.07) is 7.89. The van der Waals surface area contributed by atoms with Gasteiger partial charge in [-0.3, -0.25) is 0 Å². The second kappa shape index (κ2) is 5.86. The molecular formula is C17H25NO2. The average molecular weight is 276 g/mol. The van der Waals surface area contributed by atoms with Crippen molar-refractivity contribution in [1.82, 2.24) is 4.90 Å². The highest BCUT2D eigenvalue weighted by molar-refractivity contribution is 5.68. The van der Waals surface area contributed by atoms with Crippen LogP contribution in [0.2, 0.25) is 0 Å². The van der Waals surface area contributed by atoms with Gasteiger partial charge in [0.15, 0.2) is 0 Å². The zero-order valence-electron chi connectivity index (χ0n) is 13.8. The second-order valence-corrected chi connectivity index (χ2v) is 6.34. The van der Waals surface area contributed by atoms with Crippen LogP contribution in [0.5, 0.6) is 0 Å². The van der Waals surface area contributed by atoms with E-state index in [2.05, 4.69) is 13.8 Å². The maximum Gasteiger partial charge on any atom is 0.410 e. The molecule has 0 saturated carbocycles. The smallest absolute Gasteiger partial charge is 0.410 e. The lowest BCUT2D eigenvalue weighted by atomic mass is 9.89. The third-order valence-corrected chi connectivity index (χ3v) is 3.72. The number of carbonyl (C=O) groups is 1. The number of benzene rings is 1. The first kappa shape index (κ1) is 13.5. The molecule has 1 unspecified atom stereocenters. The van der Waals surface area contributed by atoms with Gasteiger partial charge in [0.2, 0.25) is 0 Å². The molecule has 3 nitrogen and oxygen atoms in total. The number of nitrogens with zero attached hydrogens (tertiary/aromatic N) is 1. The van der Waals surface area contributed by atoms with Gasteiger partial charge in [-0.15, -0.1) is 0 Å². The van der Waals surface area contributed by atoms with Crippen LogP contribution in [-0.2, 0) is 11.1 Å². The molecule has 3 heteroatoms. The number of rotatable bonds is 3. The van der Waals surface area contributed by atoms with E-state index < -0.39 is 6.40 Å². The molecule has 0 N–H and O–H groups in total. The van der Waals surface area contributed by atoms with Gasteiger partial charge in [0.1, 0.15) is 0 Å². The molecule has 0 aromatic heterocycles. The Bertz CT molecular complexity index is 498. The van der Waals surface area contributed by atoms with E-state index >= 15 is 0 Å². The third-order valence-electron chi connectivity index (χ3n) is 3.72. The van der Waals surface area contributed by atoms with Gasteiger partial charge < -0.3 is 9.64 Å². The standard InChI is InChI=1S/C17H25NO2/c1-5-20-16(19)18-12-17(3,4)11-15(18)10-14-8-6-13(2)7-9-14/h6-9,15H,5,10-12H2,1-4H3/t15-/m0/s1/i10D/t10?,15-. The van der Waals surface area contributed by atoms with E-state index in [4.69, 9.17) is 6.11 Å². The Balaban J connectivity index is 2.21. The van der Waals surface area contributed by atoms with Crippen molar-refractivity contribution in [2.24, 2.45) is 5.41 Å². The number of aryl methyl sites for hydroxylation is 1. The molecule has 20 heavy (non-hydrogen) atoms. The van der Waals surface area contributed by atoms with Crippen LogP contribution in [0.25, 0.3) is 0 Å². The van der Waals surface area contributed by atoms with Gasteiger partial charge in [0, 0.05) is 14.0 Å². The Labute approximate surface area is 123 Å². The number of hydrogen-bond donors (Lipinski definition) is 0. The Morgan fingerprint density at radius 1 is 1.45 bits per heavy atom. The molecule has 1 saturated heterocycles. The predicted molar refractivity (Wildman–Crippen MR) is 80.8 cm³/mol. The lowest BCUT2D eigenvalue weighted by Crippen LogP contribution is -2.37. The molecule has 0 aliphatic carbocycles. The molecule has 1 fully saturated rings. The maximum absolute atomic E-state index is 12.2. The van der Waals surface area contributed by atoms with Crippen LogP contribution >= 0.6 is 0 Å². The van der Waals surface area contributed by atoms with Crippen LogP contribution in [0, 0.1) is 12.3 Å². The van der Waals surface area contributed by atoms with E-state index in [0.717, 1.165) is 12.0 Å². The van der Waals surface area contributed by atoms with Crippen LogP contribution in [-0.4, -0.2) is 30.2 Å². The van der Waals surface area contributed by atoms with Crippen LogP contribution in [0.3, 0.4) is 0 Å². The SMILES string of the molecule is [2H]C(c1ccc(C)cc1)[C@H]1CC(C)(C)CN1C(=O)OCC. The Hall–Kier alpha value is -1.51. The van der Waals surface area contributed by atoms with Gasteiger partial charge in [0.05, 0.1) is 6.61 Å². The minimum Gasteiger partial charge on any atom is -0.450 e. The van der Waals surface area contributed by atoms with Crippen molar-refractivity contribution in [3.8, 4) is 0 Å². The first-order valence-corrected chi connectivity index (χ1v) is 7.26. The highest BCUT2D eigenvalue weighted by Crippen LogP contribution is 2.35. The molecular weight excluding hydrogens is 250 g/mol. The summed E-state index contributed by atoms with van der Waals surface area (Å²) in [5.41, 5.74) is 2.17. The summed E-state index contributed by atoms with van der Waals surface area (Å²) in [7, 11) is 0. The molecule has 1 aromatic rings. The van der Waals surface area contributed by atoms with E-state index in [1.165, 1.54) is 5.56 Å². The Morgan fingerprint density at radius 2 is 2.10 bits per heavy atom. The molecule has 1 heterocycles. The minimum absolute atomic E-state index is 0.0292. The second-order valence-electron chi connectivity index (χ2n) is 6.34. The summed E-state index contributed by atoms with van der Waals surface area (Å²) in [6.45, 7) is 9.15. The molecule has 1 aliphatic rings. The summed E-state index contributed by atoms with van der Waals surface area (Å²) in [5, 5.41) is 0. The monoisotopic (exact) mass is 276 g/mol. The van der Waals surface area contributed by atoms with E-state index in [1.54, 1.807) is 4.90 Å². The summed E-state index contributed by atoms with van der Waals surface area (Å²) >= 11 is 0. The molecule has 2 rings (SSSR count). The van der Waals surface area contributed by atoms with E-state index in [1.807, 2.05) is 38.1 Å². The zero-order chi connectivity index (χ0) is 15.6. The number of amides is 1. The van der Waals surface area contributed by atoms with Gasteiger partial charge >= 0.3 is 6.09 Å². The van der Waals surface area contributed by atoms with Gasteiger partial charge in [-0.2, -0.15) is 0 Å². The minimum atomic E-state index is -0.434. The van der Waals surface area contributed by atoms with Crippen molar-refractivity contribution in [2.45, 2.75) is 46.6 Å². The van der Waals surface area contributed by atoms with Crippen LogP contribution in [0.1, 0.15) is 39.7 Å². The van der Waals surface area contributed by atoms with Crippen molar-refractivity contribution in [2.75, 3.05) is 13.2 Å². The van der Waals surface area contributed by atoms with Gasteiger partial charge in [-0.25, -0.2) is 4.79 Å². The zero-order valence-corrected chi connectivity index (χ0v) is 12.8. The molecule has 110 valence electrons. The molecule has 0 spiro atoms. The number of ether oxygens (including phenoxy) is 1. The van der Waals surface area contributed by atoms with Crippen molar-refractivity contribution >= 4 is 6.09 Å². The Morgan fingerprint density at radius 3 is 2.70 bits per heavy atom. The molecule has 2 atom stereocenters. The average Bonchev–Trinajstić information content (AvgIpc) is 2.75. The van der Waals surface area contributed by atoms with Crippen molar-refractivity contribution in [3.05, 3.63) is 35.4 Å². The van der Waals surface area contributed by atoms with Gasteiger partial charge in [0.25, 0.3) is 0 Å². The number of carbonyl (C=O) groups excluding carboxylic acids is 1. The van der Waals surface area contributed by atoms with Crippen LogP contribution in [0.4, 0.5) is 4.79 Å². The van der Waals surface area contributed by atoms with Crippen LogP contribution < -0.4 is 0 Å². The number of hydrogen-bond acceptors (Lipinski definition) is 2. The Kier molecular flexibility index (Phi) is 3.95. The molecule has 1 aliphatic heterocycles. The summed E-state index contributed by atoms with van der Waals surface area (Å²) in [5.74, 6) is 0. The van der Waals surface area contributed by atoms with Crippen molar-refractivity contribution < 1.29 is 10.9 Å². The normalized spacial score (nSPS) is 23.3. The summed E-state index contributed by atoms with van der Waals surface area (Å²) < 4.78 is 13.7. The lowest BCUT2D eigenvalue weighted by Gasteiger charge is -2.24. The summed E-state index contributed by atoms with van der Waals surface area (Å²) in [6.07, 6.45) is 0.0997. The number of likely N-dealkylation sites (tertiary alicyclic amines) is 1. The predicted octanol–water partition coefficient (Wildman–Crippen LogP) is 3.79. The first-order chi connectivity index (χ1) is 9.84. The molecule has 0 bridgehead atoms. The summed E-state index contributed by atoms with van der Waals surface area (Å²) in [4.78, 5) is 13.9. The van der Waals surface area contributed by atoms with E-state index in [9.17, 15) is 4.79 Å². The van der Waals surface area contributed by atoms with Crippen molar-refractivity contribution in [1.29, 1.82) is 0 Å². The van der Waals surface area contributed by atoms with E-state index in [0.29, 0.717) is 13.2 Å². The lowest BCUT2D eigenvalue weighted by molar-refractivity contribution is 0.100. The quantitative estimate of drug-likeness (QED) is 0.840. The topological polar surface area (TPSA) is 29.5 Å².